The summed E-state index contributed by atoms with van der Waals surface area (Å²) >= 11 is 0. The van der Waals surface area contributed by atoms with Gasteiger partial charge in [0, 0.05) is 42.8 Å². The van der Waals surface area contributed by atoms with Gasteiger partial charge in [-0.2, -0.15) is 0 Å². The van der Waals surface area contributed by atoms with Crippen LogP contribution in [0.5, 0.6) is 0 Å². The largest absolute Gasteiger partial charge is 0.367 e. The maximum absolute atomic E-state index is 14.5. The van der Waals surface area contributed by atoms with Gasteiger partial charge in [-0.1, -0.05) is 36.4 Å². The SMILES string of the molecule is CC(=O)c1ccc(N2CCN(C(C)C(=O)Nc3cccc4ccccc34)CC2)c(F)c1. The Hall–Kier alpha value is -3.25. The number of hydrogen-bond acceptors (Lipinski definition) is 4. The first-order chi connectivity index (χ1) is 14.9. The number of carbonyl (C=O) groups is 2. The Bertz CT molecular complexity index is 1120. The fourth-order valence-corrected chi connectivity index (χ4v) is 4.07. The van der Waals surface area contributed by atoms with E-state index in [0.29, 0.717) is 37.4 Å². The lowest BCUT2D eigenvalue weighted by molar-refractivity contribution is -0.120. The van der Waals surface area contributed by atoms with Gasteiger partial charge in [0.1, 0.15) is 5.82 Å². The van der Waals surface area contributed by atoms with E-state index in [-0.39, 0.29) is 23.5 Å². The molecule has 1 aliphatic heterocycles. The Morgan fingerprint density at radius 2 is 1.68 bits per heavy atom. The van der Waals surface area contributed by atoms with E-state index in [9.17, 15) is 14.0 Å². The first-order valence-corrected chi connectivity index (χ1v) is 10.5. The molecule has 0 bridgehead atoms. The Kier molecular flexibility index (Phi) is 6.00. The van der Waals surface area contributed by atoms with E-state index >= 15 is 0 Å². The summed E-state index contributed by atoms with van der Waals surface area (Å²) in [5, 5.41) is 5.16. The first kappa shape index (κ1) is 21.0. The predicted molar refractivity (Wildman–Crippen MR) is 122 cm³/mol. The normalized spacial score (nSPS) is 15.6. The molecule has 1 unspecified atom stereocenters. The molecule has 4 rings (SSSR count). The van der Waals surface area contributed by atoms with E-state index in [1.807, 2.05) is 54.3 Å². The van der Waals surface area contributed by atoms with Gasteiger partial charge in [-0.25, -0.2) is 4.39 Å². The number of piperazine rings is 1. The molecule has 1 amide bonds. The molecule has 1 saturated heterocycles. The number of Topliss-reactive ketones (excluding diaryl/α,β-unsaturated/α-hetero) is 1. The number of hydrogen-bond donors (Lipinski definition) is 1. The number of nitrogens with one attached hydrogen (secondary N) is 1. The highest BCUT2D eigenvalue weighted by molar-refractivity contribution is 6.03. The van der Waals surface area contributed by atoms with Crippen LogP contribution in [-0.4, -0.2) is 48.8 Å². The summed E-state index contributed by atoms with van der Waals surface area (Å²) in [6, 6.07) is 18.2. The summed E-state index contributed by atoms with van der Waals surface area (Å²) in [5.41, 5.74) is 1.68. The van der Waals surface area contributed by atoms with Crippen molar-refractivity contribution >= 4 is 33.8 Å². The predicted octanol–water partition coefficient (Wildman–Crippen LogP) is 4.33. The molecular formula is C25H26FN3O2. The van der Waals surface area contributed by atoms with Gasteiger partial charge in [-0.15, -0.1) is 0 Å². The van der Waals surface area contributed by atoms with Gasteiger partial charge in [0.15, 0.2) is 5.78 Å². The van der Waals surface area contributed by atoms with E-state index in [0.717, 1.165) is 16.5 Å². The van der Waals surface area contributed by atoms with E-state index in [1.165, 1.54) is 13.0 Å². The van der Waals surface area contributed by atoms with E-state index in [1.54, 1.807) is 12.1 Å². The standard InChI is InChI=1S/C25H26FN3O2/c1-17(25(31)27-23-9-5-7-19-6-3-4-8-21(19)23)28-12-14-29(15-13-28)24-11-10-20(18(2)30)16-22(24)26/h3-11,16-17H,12-15H2,1-2H3,(H,27,31). The number of halogens is 1. The highest BCUT2D eigenvalue weighted by atomic mass is 19.1. The fraction of sp³-hybridized carbons (Fsp3) is 0.280. The lowest BCUT2D eigenvalue weighted by Gasteiger charge is -2.38. The monoisotopic (exact) mass is 419 g/mol. The third-order valence-electron chi connectivity index (χ3n) is 5.98. The Labute approximate surface area is 181 Å². The van der Waals surface area contributed by atoms with Crippen LogP contribution in [0.3, 0.4) is 0 Å². The van der Waals surface area contributed by atoms with Gasteiger partial charge in [-0.05, 0) is 43.5 Å². The minimum atomic E-state index is -0.386. The Balaban J connectivity index is 1.39. The van der Waals surface area contributed by atoms with Crippen molar-refractivity contribution < 1.29 is 14.0 Å². The van der Waals surface area contributed by atoms with Gasteiger partial charge < -0.3 is 10.2 Å². The fourth-order valence-electron chi connectivity index (χ4n) is 4.07. The van der Waals surface area contributed by atoms with E-state index < -0.39 is 0 Å². The third-order valence-corrected chi connectivity index (χ3v) is 5.98. The molecule has 0 radical (unpaired) electrons. The zero-order valence-corrected chi connectivity index (χ0v) is 17.8. The maximum Gasteiger partial charge on any atom is 0.241 e. The number of nitrogens with zero attached hydrogens (tertiary/aromatic N) is 2. The summed E-state index contributed by atoms with van der Waals surface area (Å²) in [5.74, 6) is -0.592. The molecule has 6 heteroatoms. The van der Waals surface area contributed by atoms with Crippen molar-refractivity contribution in [2.24, 2.45) is 0 Å². The van der Waals surface area contributed by atoms with Crippen LogP contribution in [0.1, 0.15) is 24.2 Å². The molecular weight excluding hydrogens is 393 g/mol. The van der Waals surface area contributed by atoms with Gasteiger partial charge in [-0.3, -0.25) is 14.5 Å². The van der Waals surface area contributed by atoms with Gasteiger partial charge >= 0.3 is 0 Å². The molecule has 31 heavy (non-hydrogen) atoms. The second-order valence-corrected chi connectivity index (χ2v) is 7.94. The third kappa shape index (κ3) is 4.44. The van der Waals surface area contributed by atoms with Crippen LogP contribution in [0.25, 0.3) is 10.8 Å². The molecule has 1 fully saturated rings. The molecule has 3 aromatic carbocycles. The van der Waals surface area contributed by atoms with Gasteiger partial charge in [0.2, 0.25) is 5.91 Å². The zero-order chi connectivity index (χ0) is 22.0. The maximum atomic E-state index is 14.5. The average Bonchev–Trinajstić information content (AvgIpc) is 2.79. The molecule has 1 heterocycles. The van der Waals surface area contributed by atoms with Crippen LogP contribution in [0, 0.1) is 5.82 Å². The lowest BCUT2D eigenvalue weighted by Crippen LogP contribution is -2.53. The lowest BCUT2D eigenvalue weighted by atomic mass is 10.1. The quantitative estimate of drug-likeness (QED) is 0.626. The summed E-state index contributed by atoms with van der Waals surface area (Å²) in [6.07, 6.45) is 0. The van der Waals surface area contributed by atoms with Crippen LogP contribution in [0.2, 0.25) is 0 Å². The van der Waals surface area contributed by atoms with Crippen LogP contribution in [0.4, 0.5) is 15.8 Å². The molecule has 0 spiro atoms. The topological polar surface area (TPSA) is 52.7 Å². The second-order valence-electron chi connectivity index (χ2n) is 7.94. The van der Waals surface area contributed by atoms with Crippen LogP contribution < -0.4 is 10.2 Å². The minimum Gasteiger partial charge on any atom is -0.367 e. The number of rotatable bonds is 5. The van der Waals surface area contributed by atoms with Crippen LogP contribution in [-0.2, 0) is 4.79 Å². The summed E-state index contributed by atoms with van der Waals surface area (Å²) in [6.45, 7) is 5.86. The highest BCUT2D eigenvalue weighted by Gasteiger charge is 2.27. The smallest absolute Gasteiger partial charge is 0.241 e. The molecule has 160 valence electrons. The van der Waals surface area contributed by atoms with E-state index in [4.69, 9.17) is 0 Å². The zero-order valence-electron chi connectivity index (χ0n) is 17.8. The number of benzene rings is 3. The molecule has 1 aliphatic rings. The first-order valence-electron chi connectivity index (χ1n) is 10.5. The molecule has 0 aliphatic carbocycles. The number of fused-ring (bicyclic) bond motifs is 1. The number of amides is 1. The van der Waals surface area contributed by atoms with Gasteiger partial charge in [0.25, 0.3) is 0 Å². The average molecular weight is 420 g/mol. The summed E-state index contributed by atoms with van der Waals surface area (Å²) < 4.78 is 14.5. The summed E-state index contributed by atoms with van der Waals surface area (Å²) in [7, 11) is 0. The van der Waals surface area contributed by atoms with Crippen molar-refractivity contribution in [1.82, 2.24) is 4.90 Å². The molecule has 1 atom stereocenters. The molecule has 0 saturated carbocycles. The second kappa shape index (κ2) is 8.86. The van der Waals surface area contributed by atoms with Crippen molar-refractivity contribution in [3.05, 3.63) is 72.0 Å². The molecule has 0 aromatic heterocycles. The molecule has 1 N–H and O–H groups in total. The van der Waals surface area contributed by atoms with Crippen molar-refractivity contribution in [2.75, 3.05) is 36.4 Å². The van der Waals surface area contributed by atoms with Crippen LogP contribution in [0.15, 0.2) is 60.7 Å². The minimum absolute atomic E-state index is 0.0539. The van der Waals surface area contributed by atoms with Crippen molar-refractivity contribution in [1.29, 1.82) is 0 Å². The number of ketones is 1. The van der Waals surface area contributed by atoms with Crippen LogP contribution >= 0.6 is 0 Å². The molecule has 3 aromatic rings. The number of anilines is 2. The Morgan fingerprint density at radius 3 is 2.39 bits per heavy atom. The van der Waals surface area contributed by atoms with E-state index in [2.05, 4.69) is 10.2 Å². The molecule has 5 nitrogen and oxygen atoms in total. The van der Waals surface area contributed by atoms with Gasteiger partial charge in [0.05, 0.1) is 11.7 Å². The number of carbonyl (C=O) groups excluding carboxylic acids is 2. The highest BCUT2D eigenvalue weighted by Crippen LogP contribution is 2.25. The summed E-state index contributed by atoms with van der Waals surface area (Å²) in [4.78, 5) is 28.4. The van der Waals surface area contributed by atoms with Crippen molar-refractivity contribution in [2.45, 2.75) is 19.9 Å². The van der Waals surface area contributed by atoms with Crippen molar-refractivity contribution in [3.8, 4) is 0 Å². The van der Waals surface area contributed by atoms with Crippen molar-refractivity contribution in [3.63, 3.8) is 0 Å². The Morgan fingerprint density at radius 1 is 0.968 bits per heavy atom.